The van der Waals surface area contributed by atoms with Crippen molar-refractivity contribution < 1.29 is 14.3 Å². The van der Waals surface area contributed by atoms with Crippen LogP contribution in [0.15, 0.2) is 53.4 Å². The molecule has 2 aromatic carbocycles. The van der Waals surface area contributed by atoms with E-state index in [1.54, 1.807) is 18.9 Å². The zero-order valence-corrected chi connectivity index (χ0v) is 19.4. The number of fused-ring (bicyclic) bond motifs is 1. The summed E-state index contributed by atoms with van der Waals surface area (Å²) in [5.74, 6) is 0.919. The largest absolute Gasteiger partial charge is 0.497 e. The molecule has 1 saturated carbocycles. The summed E-state index contributed by atoms with van der Waals surface area (Å²) in [4.78, 5) is 21.6. The molecule has 1 amide bonds. The van der Waals surface area contributed by atoms with Crippen LogP contribution in [0.25, 0.3) is 22.2 Å². The van der Waals surface area contributed by atoms with Crippen molar-refractivity contribution >= 4 is 28.6 Å². The number of hydrogen-bond acceptors (Lipinski definition) is 5. The van der Waals surface area contributed by atoms with Gasteiger partial charge in [-0.15, -0.1) is 11.8 Å². The quantitative estimate of drug-likeness (QED) is 0.459. The predicted molar refractivity (Wildman–Crippen MR) is 128 cm³/mol. The van der Waals surface area contributed by atoms with Crippen LogP contribution in [0.4, 0.5) is 0 Å². The molecule has 2 aliphatic rings. The second kappa shape index (κ2) is 9.12. The summed E-state index contributed by atoms with van der Waals surface area (Å²) < 4.78 is 11.2. The molecule has 0 spiro atoms. The zero-order valence-electron chi connectivity index (χ0n) is 18.5. The molecule has 0 unspecified atom stereocenters. The lowest BCUT2D eigenvalue weighted by molar-refractivity contribution is -0.142. The minimum absolute atomic E-state index is 0.124. The minimum Gasteiger partial charge on any atom is -0.497 e. The number of carbonyl (C=O) groups is 1. The molecule has 3 aromatic rings. The van der Waals surface area contributed by atoms with Gasteiger partial charge in [-0.1, -0.05) is 18.2 Å². The summed E-state index contributed by atoms with van der Waals surface area (Å²) in [6.07, 6.45) is 5.67. The van der Waals surface area contributed by atoms with Gasteiger partial charge in [0.25, 0.3) is 5.91 Å². The highest BCUT2D eigenvalue weighted by Gasteiger charge is 2.37. The minimum atomic E-state index is -0.298. The van der Waals surface area contributed by atoms with E-state index >= 15 is 0 Å². The topological polar surface area (TPSA) is 51.7 Å². The molecule has 1 aromatic heterocycles. The van der Waals surface area contributed by atoms with Crippen molar-refractivity contribution in [2.24, 2.45) is 0 Å². The fourth-order valence-corrected chi connectivity index (χ4v) is 4.81. The van der Waals surface area contributed by atoms with Crippen LogP contribution < -0.4 is 4.74 Å². The fraction of sp³-hybridized carbons (Fsp3) is 0.385. The summed E-state index contributed by atoms with van der Waals surface area (Å²) in [5.41, 5.74) is 3.92. The van der Waals surface area contributed by atoms with Gasteiger partial charge in [0.05, 0.1) is 18.3 Å². The van der Waals surface area contributed by atoms with E-state index in [0.717, 1.165) is 59.2 Å². The second-order valence-corrected chi connectivity index (χ2v) is 9.37. The molecule has 5 rings (SSSR count). The number of methoxy groups -OCH3 is 1. The maximum Gasteiger partial charge on any atom is 0.252 e. The lowest BCUT2D eigenvalue weighted by Gasteiger charge is -2.26. The number of benzene rings is 2. The predicted octanol–water partition coefficient (Wildman–Crippen LogP) is 5.30. The molecular formula is C26H28N2O3S. The van der Waals surface area contributed by atoms with Crippen LogP contribution in [0.3, 0.4) is 0 Å². The van der Waals surface area contributed by atoms with E-state index in [1.807, 2.05) is 23.1 Å². The lowest BCUT2D eigenvalue weighted by atomic mass is 10.0. The molecule has 6 heteroatoms. The van der Waals surface area contributed by atoms with E-state index in [0.29, 0.717) is 19.2 Å². The number of pyridine rings is 1. The Labute approximate surface area is 193 Å². The van der Waals surface area contributed by atoms with Crippen molar-refractivity contribution in [1.82, 2.24) is 9.88 Å². The Kier molecular flexibility index (Phi) is 6.07. The van der Waals surface area contributed by atoms with Gasteiger partial charge in [-0.3, -0.25) is 4.79 Å². The summed E-state index contributed by atoms with van der Waals surface area (Å²) in [5, 5.41) is 1.09. The second-order valence-electron chi connectivity index (χ2n) is 8.49. The van der Waals surface area contributed by atoms with Gasteiger partial charge < -0.3 is 14.4 Å². The van der Waals surface area contributed by atoms with Crippen LogP contribution in [0.2, 0.25) is 0 Å². The van der Waals surface area contributed by atoms with Crippen LogP contribution in [0, 0.1) is 0 Å². The Hall–Kier alpha value is -2.57. The molecule has 1 saturated heterocycles. The standard InChI is InChI=1S/C26H28N2O3S/c1-30-21-6-3-5-18(14-21)25-19(13-17-8-11-22(32-2)15-23(17)27-25)16-28(20-9-10-20)26(29)24-7-4-12-31-24/h3,5-6,8,11,13-15,20,24H,4,7,9-10,12,16H2,1-2H3/t24-/m0/s1. The normalized spacial score (nSPS) is 18.1. The summed E-state index contributed by atoms with van der Waals surface area (Å²) in [7, 11) is 1.67. The monoisotopic (exact) mass is 448 g/mol. The molecular weight excluding hydrogens is 420 g/mol. The summed E-state index contributed by atoms with van der Waals surface area (Å²) >= 11 is 1.71. The first kappa shape index (κ1) is 21.3. The van der Waals surface area contributed by atoms with Crippen LogP contribution in [0.1, 0.15) is 31.2 Å². The van der Waals surface area contributed by atoms with Gasteiger partial charge >= 0.3 is 0 Å². The fourth-order valence-electron chi connectivity index (χ4n) is 4.37. The Morgan fingerprint density at radius 1 is 1.19 bits per heavy atom. The maximum atomic E-state index is 13.3. The van der Waals surface area contributed by atoms with Crippen molar-refractivity contribution in [2.75, 3.05) is 20.0 Å². The van der Waals surface area contributed by atoms with Crippen molar-refractivity contribution in [1.29, 1.82) is 0 Å². The Morgan fingerprint density at radius 3 is 2.78 bits per heavy atom. The van der Waals surface area contributed by atoms with Gasteiger partial charge in [-0.2, -0.15) is 0 Å². The molecule has 0 radical (unpaired) electrons. The highest BCUT2D eigenvalue weighted by molar-refractivity contribution is 7.98. The smallest absolute Gasteiger partial charge is 0.252 e. The van der Waals surface area contributed by atoms with E-state index in [4.69, 9.17) is 14.5 Å². The van der Waals surface area contributed by atoms with E-state index in [2.05, 4.69) is 36.6 Å². The third kappa shape index (κ3) is 4.34. The third-order valence-corrected chi connectivity index (χ3v) is 6.99. The average Bonchev–Trinajstić information content (AvgIpc) is 3.53. The number of nitrogens with zero attached hydrogens (tertiary/aromatic N) is 2. The van der Waals surface area contributed by atoms with Gasteiger partial charge in [0.2, 0.25) is 0 Å². The number of aromatic nitrogens is 1. The lowest BCUT2D eigenvalue weighted by Crippen LogP contribution is -2.40. The SMILES string of the molecule is COc1cccc(-c2nc3cc(SC)ccc3cc2CN(C(=O)[C@@H]2CCCO2)C2CC2)c1. The van der Waals surface area contributed by atoms with E-state index in [-0.39, 0.29) is 12.0 Å². The highest BCUT2D eigenvalue weighted by atomic mass is 32.2. The Balaban J connectivity index is 1.58. The van der Waals surface area contributed by atoms with Crippen molar-refractivity contribution in [3.63, 3.8) is 0 Å². The Bertz CT molecular complexity index is 1140. The van der Waals surface area contributed by atoms with Crippen molar-refractivity contribution in [2.45, 2.75) is 49.3 Å². The number of carbonyl (C=O) groups excluding carboxylic acids is 1. The first-order valence-corrected chi connectivity index (χ1v) is 12.4. The maximum absolute atomic E-state index is 13.3. The van der Waals surface area contributed by atoms with Gasteiger partial charge in [-0.05, 0) is 67.8 Å². The van der Waals surface area contributed by atoms with Gasteiger partial charge in [0.15, 0.2) is 0 Å². The molecule has 166 valence electrons. The van der Waals surface area contributed by atoms with E-state index in [9.17, 15) is 4.79 Å². The molecule has 1 atom stereocenters. The number of amides is 1. The Morgan fingerprint density at radius 2 is 2.06 bits per heavy atom. The molecule has 0 N–H and O–H groups in total. The number of hydrogen-bond donors (Lipinski definition) is 0. The van der Waals surface area contributed by atoms with E-state index < -0.39 is 0 Å². The molecule has 2 fully saturated rings. The number of ether oxygens (including phenoxy) is 2. The number of thioether (sulfide) groups is 1. The summed E-state index contributed by atoms with van der Waals surface area (Å²) in [6.45, 7) is 1.22. The molecule has 1 aliphatic heterocycles. The zero-order chi connectivity index (χ0) is 22.1. The first-order valence-electron chi connectivity index (χ1n) is 11.2. The molecule has 32 heavy (non-hydrogen) atoms. The molecule has 5 nitrogen and oxygen atoms in total. The van der Waals surface area contributed by atoms with Gasteiger partial charge in [0, 0.05) is 35.0 Å². The number of rotatable bonds is 7. The van der Waals surface area contributed by atoms with E-state index in [1.165, 1.54) is 4.90 Å². The van der Waals surface area contributed by atoms with Gasteiger partial charge in [-0.25, -0.2) is 4.98 Å². The summed E-state index contributed by atoms with van der Waals surface area (Å²) in [6, 6.07) is 16.9. The van der Waals surface area contributed by atoms with Crippen LogP contribution in [-0.2, 0) is 16.1 Å². The first-order chi connectivity index (χ1) is 15.7. The average molecular weight is 449 g/mol. The molecule has 0 bridgehead atoms. The van der Waals surface area contributed by atoms with Crippen LogP contribution >= 0.6 is 11.8 Å². The van der Waals surface area contributed by atoms with Crippen LogP contribution in [-0.4, -0.2) is 47.9 Å². The van der Waals surface area contributed by atoms with Crippen molar-refractivity contribution in [3.05, 3.63) is 54.1 Å². The molecule has 2 heterocycles. The molecule has 1 aliphatic carbocycles. The third-order valence-electron chi connectivity index (χ3n) is 6.26. The van der Waals surface area contributed by atoms with Gasteiger partial charge in [0.1, 0.15) is 11.9 Å². The van der Waals surface area contributed by atoms with Crippen LogP contribution in [0.5, 0.6) is 5.75 Å². The van der Waals surface area contributed by atoms with Crippen molar-refractivity contribution in [3.8, 4) is 17.0 Å². The highest BCUT2D eigenvalue weighted by Crippen LogP contribution is 2.35.